The molecule has 0 atom stereocenters. The second-order valence-electron chi connectivity index (χ2n) is 6.70. The van der Waals surface area contributed by atoms with E-state index in [1.165, 1.54) is 17.8 Å². The van der Waals surface area contributed by atoms with E-state index in [4.69, 9.17) is 4.74 Å². The molecule has 0 radical (unpaired) electrons. The first-order chi connectivity index (χ1) is 13.6. The van der Waals surface area contributed by atoms with E-state index in [0.29, 0.717) is 12.4 Å². The number of nitrogens with one attached hydrogen (secondary N) is 2. The molecule has 1 heterocycles. The zero-order valence-electron chi connectivity index (χ0n) is 17.2. The molecule has 0 aliphatic heterocycles. The summed E-state index contributed by atoms with van der Waals surface area (Å²) in [6, 6.07) is 8.20. The van der Waals surface area contributed by atoms with Gasteiger partial charge in [-0.05, 0) is 70.4 Å². The highest BCUT2D eigenvalue weighted by Gasteiger charge is 2.01. The molecule has 7 heteroatoms. The SMILES string of the molecule is CCNC(=NCCCn1nc(C)cc1C)NCCCCOc1ccc(F)cc1. The minimum Gasteiger partial charge on any atom is -0.494 e. The number of benzene rings is 1. The molecule has 28 heavy (non-hydrogen) atoms. The van der Waals surface area contributed by atoms with Crippen LogP contribution in [0.4, 0.5) is 4.39 Å². The van der Waals surface area contributed by atoms with Crippen molar-refractivity contribution in [3.63, 3.8) is 0 Å². The molecule has 0 aliphatic carbocycles. The number of aryl methyl sites for hydroxylation is 3. The van der Waals surface area contributed by atoms with Crippen molar-refractivity contribution >= 4 is 5.96 Å². The van der Waals surface area contributed by atoms with E-state index >= 15 is 0 Å². The summed E-state index contributed by atoms with van der Waals surface area (Å²) < 4.78 is 20.5. The van der Waals surface area contributed by atoms with Crippen molar-refractivity contribution in [2.45, 2.75) is 46.6 Å². The molecule has 2 aromatic rings. The highest BCUT2D eigenvalue weighted by molar-refractivity contribution is 5.79. The first-order valence-electron chi connectivity index (χ1n) is 10.00. The van der Waals surface area contributed by atoms with Crippen LogP contribution in [0.2, 0.25) is 0 Å². The fourth-order valence-electron chi connectivity index (χ4n) is 2.81. The van der Waals surface area contributed by atoms with Crippen molar-refractivity contribution < 1.29 is 9.13 Å². The van der Waals surface area contributed by atoms with Gasteiger partial charge in [0.15, 0.2) is 5.96 Å². The van der Waals surface area contributed by atoms with Gasteiger partial charge in [-0.3, -0.25) is 9.67 Å². The number of halogens is 1. The summed E-state index contributed by atoms with van der Waals surface area (Å²) >= 11 is 0. The molecule has 0 bridgehead atoms. The summed E-state index contributed by atoms with van der Waals surface area (Å²) in [5.74, 6) is 1.30. The number of hydrogen-bond acceptors (Lipinski definition) is 3. The Labute approximate surface area is 167 Å². The minimum absolute atomic E-state index is 0.248. The van der Waals surface area contributed by atoms with Gasteiger partial charge in [0.2, 0.25) is 0 Å². The second-order valence-corrected chi connectivity index (χ2v) is 6.70. The standard InChI is InChI=1S/C21H32FN5O/c1-4-23-21(25-13-7-14-27-18(3)16-17(2)26-27)24-12-5-6-15-28-20-10-8-19(22)9-11-20/h8-11,16H,4-7,12-15H2,1-3H3,(H2,23,24,25). The Morgan fingerprint density at radius 1 is 1.14 bits per heavy atom. The Balaban J connectivity index is 1.61. The maximum absolute atomic E-state index is 12.8. The molecule has 154 valence electrons. The third-order valence-electron chi connectivity index (χ3n) is 4.19. The molecule has 0 saturated heterocycles. The van der Waals surface area contributed by atoms with Crippen LogP contribution in [0.1, 0.15) is 37.6 Å². The van der Waals surface area contributed by atoms with Crippen LogP contribution in [0.25, 0.3) is 0 Å². The molecule has 6 nitrogen and oxygen atoms in total. The molecule has 0 spiro atoms. The predicted octanol–water partition coefficient (Wildman–Crippen LogP) is 3.44. The Morgan fingerprint density at radius 3 is 2.61 bits per heavy atom. The highest BCUT2D eigenvalue weighted by Crippen LogP contribution is 2.11. The molecule has 0 unspecified atom stereocenters. The fourth-order valence-corrected chi connectivity index (χ4v) is 2.81. The average molecular weight is 390 g/mol. The Bertz CT molecular complexity index is 727. The van der Waals surface area contributed by atoms with Crippen molar-refractivity contribution in [2.24, 2.45) is 4.99 Å². The minimum atomic E-state index is -0.248. The van der Waals surface area contributed by atoms with Crippen LogP contribution in [0, 0.1) is 19.7 Å². The van der Waals surface area contributed by atoms with E-state index in [2.05, 4.69) is 40.6 Å². The summed E-state index contributed by atoms with van der Waals surface area (Å²) in [6.07, 6.45) is 2.84. The molecule has 0 aliphatic rings. The predicted molar refractivity (Wildman–Crippen MR) is 111 cm³/mol. The van der Waals surface area contributed by atoms with E-state index in [1.807, 2.05) is 11.6 Å². The first kappa shape index (κ1) is 21.7. The van der Waals surface area contributed by atoms with Crippen LogP contribution < -0.4 is 15.4 Å². The lowest BCUT2D eigenvalue weighted by Gasteiger charge is -2.11. The maximum Gasteiger partial charge on any atom is 0.191 e. The summed E-state index contributed by atoms with van der Waals surface area (Å²) in [6.45, 7) is 10.1. The van der Waals surface area contributed by atoms with E-state index in [9.17, 15) is 4.39 Å². The Morgan fingerprint density at radius 2 is 1.93 bits per heavy atom. The molecule has 2 N–H and O–H groups in total. The van der Waals surface area contributed by atoms with Crippen molar-refractivity contribution in [1.82, 2.24) is 20.4 Å². The molecular weight excluding hydrogens is 357 g/mol. The monoisotopic (exact) mass is 389 g/mol. The fraction of sp³-hybridized carbons (Fsp3) is 0.524. The zero-order chi connectivity index (χ0) is 20.2. The van der Waals surface area contributed by atoms with Gasteiger partial charge in [-0.1, -0.05) is 0 Å². The van der Waals surface area contributed by atoms with Gasteiger partial charge in [0.1, 0.15) is 11.6 Å². The van der Waals surface area contributed by atoms with Crippen molar-refractivity contribution in [1.29, 1.82) is 0 Å². The van der Waals surface area contributed by atoms with Crippen LogP contribution in [-0.2, 0) is 6.54 Å². The number of nitrogens with zero attached hydrogens (tertiary/aromatic N) is 3. The normalized spacial score (nSPS) is 11.5. The maximum atomic E-state index is 12.8. The third-order valence-corrected chi connectivity index (χ3v) is 4.19. The number of aromatic nitrogens is 2. The summed E-state index contributed by atoms with van der Waals surface area (Å²) in [5, 5.41) is 11.1. The van der Waals surface area contributed by atoms with Crippen LogP contribution >= 0.6 is 0 Å². The van der Waals surface area contributed by atoms with Crippen LogP contribution in [0.5, 0.6) is 5.75 Å². The average Bonchev–Trinajstić information content (AvgIpc) is 3.00. The quantitative estimate of drug-likeness (QED) is 0.351. The summed E-state index contributed by atoms with van der Waals surface area (Å²) in [7, 11) is 0. The second kappa shape index (κ2) is 12.0. The number of ether oxygens (including phenoxy) is 1. The smallest absolute Gasteiger partial charge is 0.191 e. The number of guanidine groups is 1. The van der Waals surface area contributed by atoms with E-state index in [0.717, 1.165) is 57.1 Å². The molecule has 2 rings (SSSR count). The molecule has 0 fully saturated rings. The molecule has 1 aromatic carbocycles. The summed E-state index contributed by atoms with van der Waals surface area (Å²) in [4.78, 5) is 4.63. The Hall–Kier alpha value is -2.57. The molecular formula is C21H32FN5O. The summed E-state index contributed by atoms with van der Waals surface area (Å²) in [5.41, 5.74) is 2.24. The topological polar surface area (TPSA) is 63.5 Å². The van der Waals surface area contributed by atoms with Gasteiger partial charge >= 0.3 is 0 Å². The largest absolute Gasteiger partial charge is 0.494 e. The van der Waals surface area contributed by atoms with Crippen molar-refractivity contribution in [3.8, 4) is 5.75 Å². The third kappa shape index (κ3) is 7.98. The first-order valence-corrected chi connectivity index (χ1v) is 10.00. The van der Waals surface area contributed by atoms with Gasteiger partial charge in [0.25, 0.3) is 0 Å². The number of rotatable bonds is 11. The lowest BCUT2D eigenvalue weighted by molar-refractivity contribution is 0.306. The van der Waals surface area contributed by atoms with Gasteiger partial charge < -0.3 is 15.4 Å². The lowest BCUT2D eigenvalue weighted by Crippen LogP contribution is -2.38. The van der Waals surface area contributed by atoms with E-state index < -0.39 is 0 Å². The molecule has 0 saturated carbocycles. The van der Waals surface area contributed by atoms with Crippen molar-refractivity contribution in [3.05, 3.63) is 47.5 Å². The number of aliphatic imine (C=N–C) groups is 1. The van der Waals surface area contributed by atoms with E-state index in [1.54, 1.807) is 12.1 Å². The van der Waals surface area contributed by atoms with Gasteiger partial charge in [-0.25, -0.2) is 4.39 Å². The van der Waals surface area contributed by atoms with Crippen LogP contribution in [0.3, 0.4) is 0 Å². The van der Waals surface area contributed by atoms with Gasteiger partial charge in [-0.15, -0.1) is 0 Å². The van der Waals surface area contributed by atoms with Gasteiger partial charge in [-0.2, -0.15) is 5.10 Å². The molecule has 1 aromatic heterocycles. The van der Waals surface area contributed by atoms with Crippen LogP contribution in [-0.4, -0.2) is 42.0 Å². The Kier molecular flexibility index (Phi) is 9.31. The van der Waals surface area contributed by atoms with E-state index in [-0.39, 0.29) is 5.82 Å². The number of hydrogen-bond donors (Lipinski definition) is 2. The van der Waals surface area contributed by atoms with Gasteiger partial charge in [0, 0.05) is 31.9 Å². The molecule has 0 amide bonds. The number of unbranched alkanes of at least 4 members (excludes halogenated alkanes) is 1. The van der Waals surface area contributed by atoms with Crippen LogP contribution in [0.15, 0.2) is 35.3 Å². The zero-order valence-corrected chi connectivity index (χ0v) is 17.2. The van der Waals surface area contributed by atoms with Gasteiger partial charge in [0.05, 0.1) is 12.3 Å². The lowest BCUT2D eigenvalue weighted by atomic mass is 10.3. The highest BCUT2D eigenvalue weighted by atomic mass is 19.1. The van der Waals surface area contributed by atoms with Crippen molar-refractivity contribution in [2.75, 3.05) is 26.2 Å².